The van der Waals surface area contributed by atoms with Crippen molar-refractivity contribution >= 4 is 29.9 Å². The van der Waals surface area contributed by atoms with Gasteiger partial charge in [-0.2, -0.15) is 0 Å². The molecule has 2 aliphatic rings. The van der Waals surface area contributed by atoms with Crippen LogP contribution in [0.15, 0.2) is 18.2 Å². The van der Waals surface area contributed by atoms with E-state index in [-0.39, 0.29) is 42.4 Å². The lowest BCUT2D eigenvalue weighted by Crippen LogP contribution is -2.45. The van der Waals surface area contributed by atoms with Crippen molar-refractivity contribution in [3.05, 3.63) is 29.8 Å². The van der Waals surface area contributed by atoms with Crippen molar-refractivity contribution < 1.29 is 18.4 Å². The lowest BCUT2D eigenvalue weighted by molar-refractivity contribution is -0.123. The Morgan fingerprint density at radius 2 is 1.90 bits per heavy atom. The van der Waals surface area contributed by atoms with Gasteiger partial charge in [0.15, 0.2) is 0 Å². The molecule has 3 N–H and O–H groups in total. The van der Waals surface area contributed by atoms with Crippen LogP contribution in [-0.4, -0.2) is 55.5 Å². The van der Waals surface area contributed by atoms with Crippen LogP contribution in [0.5, 0.6) is 0 Å². The summed E-state index contributed by atoms with van der Waals surface area (Å²) in [6.07, 6.45) is 4.28. The number of carbonyl (C=O) groups is 2. The summed E-state index contributed by atoms with van der Waals surface area (Å²) in [5.41, 5.74) is 0.127. The van der Waals surface area contributed by atoms with Crippen molar-refractivity contribution in [2.45, 2.75) is 38.1 Å². The Kier molecular flexibility index (Phi) is 9.26. The number of anilines is 1. The third-order valence-corrected chi connectivity index (χ3v) is 5.35. The molecule has 0 saturated carbocycles. The predicted octanol–water partition coefficient (Wildman–Crippen LogP) is 2.30. The number of benzene rings is 1. The summed E-state index contributed by atoms with van der Waals surface area (Å²) < 4.78 is 26.4. The second kappa shape index (κ2) is 11.4. The van der Waals surface area contributed by atoms with E-state index in [0.29, 0.717) is 19.0 Å². The Labute approximate surface area is 176 Å². The van der Waals surface area contributed by atoms with Crippen molar-refractivity contribution in [2.75, 3.05) is 38.0 Å². The van der Waals surface area contributed by atoms with Crippen LogP contribution in [0.1, 0.15) is 32.1 Å². The molecule has 0 spiro atoms. The fourth-order valence-electron chi connectivity index (χ4n) is 3.91. The maximum absolute atomic E-state index is 13.2. The molecule has 9 heteroatoms. The molecule has 2 amide bonds. The van der Waals surface area contributed by atoms with Crippen molar-refractivity contribution in [2.24, 2.45) is 5.92 Å². The Bertz CT molecular complexity index is 681. The number of hydrogen-bond donors (Lipinski definition) is 3. The minimum atomic E-state index is -0.718. The summed E-state index contributed by atoms with van der Waals surface area (Å²) in [5, 5.41) is 8.78. The lowest BCUT2D eigenvalue weighted by Gasteiger charge is -2.32. The third-order valence-electron chi connectivity index (χ3n) is 5.35. The molecule has 2 fully saturated rings. The molecule has 1 aromatic carbocycles. The van der Waals surface area contributed by atoms with E-state index < -0.39 is 11.6 Å². The van der Waals surface area contributed by atoms with Gasteiger partial charge in [-0.15, -0.1) is 12.4 Å². The van der Waals surface area contributed by atoms with Gasteiger partial charge in [0.1, 0.15) is 11.6 Å². The van der Waals surface area contributed by atoms with Gasteiger partial charge < -0.3 is 20.9 Å². The molecule has 6 nitrogen and oxygen atoms in total. The van der Waals surface area contributed by atoms with Crippen LogP contribution in [0.4, 0.5) is 14.5 Å². The Morgan fingerprint density at radius 1 is 1.14 bits per heavy atom. The van der Waals surface area contributed by atoms with Gasteiger partial charge in [0, 0.05) is 37.8 Å². The van der Waals surface area contributed by atoms with Crippen LogP contribution >= 0.6 is 12.4 Å². The number of carbonyl (C=O) groups excluding carboxylic acids is 2. The minimum absolute atomic E-state index is 0. The topological polar surface area (TPSA) is 73.5 Å². The number of hydrogen-bond acceptors (Lipinski definition) is 4. The van der Waals surface area contributed by atoms with Gasteiger partial charge in [0.2, 0.25) is 11.8 Å². The highest BCUT2D eigenvalue weighted by atomic mass is 35.5. The molecule has 1 aromatic rings. The largest absolute Gasteiger partial charge is 0.354 e. The number of halogens is 3. The molecular formula is C20H29ClF2N4O2. The number of nitrogens with one attached hydrogen (secondary N) is 3. The van der Waals surface area contributed by atoms with Gasteiger partial charge in [-0.3, -0.25) is 9.59 Å². The van der Waals surface area contributed by atoms with E-state index in [2.05, 4.69) is 20.9 Å². The molecule has 2 saturated heterocycles. The highest BCUT2D eigenvalue weighted by Crippen LogP contribution is 2.17. The highest BCUT2D eigenvalue weighted by molar-refractivity contribution is 5.90. The lowest BCUT2D eigenvalue weighted by atomic mass is 9.97. The summed E-state index contributed by atoms with van der Waals surface area (Å²) >= 11 is 0. The van der Waals surface area contributed by atoms with Crippen molar-refractivity contribution in [3.63, 3.8) is 0 Å². The fraction of sp³-hybridized carbons (Fsp3) is 0.600. The zero-order valence-corrected chi connectivity index (χ0v) is 17.2. The summed E-state index contributed by atoms with van der Waals surface area (Å²) in [5.74, 6) is -1.25. The zero-order chi connectivity index (χ0) is 19.9. The molecule has 2 aliphatic heterocycles. The Morgan fingerprint density at radius 3 is 2.59 bits per heavy atom. The van der Waals surface area contributed by atoms with E-state index in [1.807, 2.05) is 0 Å². The number of nitrogens with zero attached hydrogens (tertiary/aromatic N) is 1. The van der Waals surface area contributed by atoms with Crippen molar-refractivity contribution in [1.29, 1.82) is 0 Å². The average Bonchev–Trinajstić information content (AvgIpc) is 3.19. The first-order valence-corrected chi connectivity index (χ1v) is 9.99. The second-order valence-electron chi connectivity index (χ2n) is 7.66. The van der Waals surface area contributed by atoms with Gasteiger partial charge in [-0.05, 0) is 56.8 Å². The smallest absolute Gasteiger partial charge is 0.237 e. The van der Waals surface area contributed by atoms with Gasteiger partial charge in [-0.25, -0.2) is 8.78 Å². The van der Waals surface area contributed by atoms with E-state index in [1.165, 1.54) is 0 Å². The molecule has 162 valence electrons. The number of piperidine rings is 1. The monoisotopic (exact) mass is 430 g/mol. The maximum Gasteiger partial charge on any atom is 0.237 e. The van der Waals surface area contributed by atoms with E-state index in [9.17, 15) is 18.4 Å². The summed E-state index contributed by atoms with van der Waals surface area (Å²) in [6, 6.07) is 2.90. The minimum Gasteiger partial charge on any atom is -0.354 e. The molecular weight excluding hydrogens is 402 g/mol. The quantitative estimate of drug-likeness (QED) is 0.620. The van der Waals surface area contributed by atoms with Crippen molar-refractivity contribution in [1.82, 2.24) is 15.5 Å². The summed E-state index contributed by atoms with van der Waals surface area (Å²) in [6.45, 7) is 3.89. The summed E-state index contributed by atoms with van der Waals surface area (Å²) in [7, 11) is 0. The molecule has 0 aromatic heterocycles. The van der Waals surface area contributed by atoms with Gasteiger partial charge in [0.05, 0.1) is 6.04 Å². The first-order valence-electron chi connectivity index (χ1n) is 9.99. The molecule has 0 bridgehead atoms. The van der Waals surface area contributed by atoms with Crippen LogP contribution in [0, 0.1) is 17.6 Å². The third kappa shape index (κ3) is 7.53. The molecule has 2 heterocycles. The number of likely N-dealkylation sites (tertiary alicyclic amines) is 1. The standard InChI is InChI=1S/C20H28F2N4O2.ClH/c21-15-9-16(22)11-17(10-15)25-19(27)5-8-26-7-2-3-14(13-26)12-24-20(28)18-4-1-6-23-18;/h9-11,14,18,23H,1-8,12-13H2,(H,24,28)(H,25,27);1H. The summed E-state index contributed by atoms with van der Waals surface area (Å²) in [4.78, 5) is 26.4. The van der Waals surface area contributed by atoms with E-state index >= 15 is 0 Å². The Balaban J connectivity index is 0.00000300. The number of amides is 2. The highest BCUT2D eigenvalue weighted by Gasteiger charge is 2.24. The molecule has 0 aliphatic carbocycles. The Hall–Kier alpha value is -1.77. The van der Waals surface area contributed by atoms with Gasteiger partial charge in [0.25, 0.3) is 0 Å². The molecule has 2 atom stereocenters. The van der Waals surface area contributed by atoms with Crippen LogP contribution < -0.4 is 16.0 Å². The molecule has 2 unspecified atom stereocenters. The van der Waals surface area contributed by atoms with E-state index in [1.54, 1.807) is 0 Å². The van der Waals surface area contributed by atoms with Gasteiger partial charge in [-0.1, -0.05) is 0 Å². The molecule has 29 heavy (non-hydrogen) atoms. The zero-order valence-electron chi connectivity index (χ0n) is 16.4. The van der Waals surface area contributed by atoms with Crippen LogP contribution in [0.3, 0.4) is 0 Å². The van der Waals surface area contributed by atoms with E-state index in [4.69, 9.17) is 0 Å². The first-order chi connectivity index (χ1) is 13.5. The van der Waals surface area contributed by atoms with Gasteiger partial charge >= 0.3 is 0 Å². The molecule has 3 rings (SSSR count). The number of rotatable bonds is 7. The second-order valence-corrected chi connectivity index (χ2v) is 7.66. The van der Waals surface area contributed by atoms with E-state index in [0.717, 1.165) is 63.5 Å². The average molecular weight is 431 g/mol. The molecule has 0 radical (unpaired) electrons. The van der Waals surface area contributed by atoms with Crippen LogP contribution in [0.2, 0.25) is 0 Å². The predicted molar refractivity (Wildman–Crippen MR) is 110 cm³/mol. The normalized spacial score (nSPS) is 22.0. The fourth-order valence-corrected chi connectivity index (χ4v) is 3.91. The van der Waals surface area contributed by atoms with Crippen LogP contribution in [0.25, 0.3) is 0 Å². The maximum atomic E-state index is 13.2. The SMILES string of the molecule is Cl.O=C(CCN1CCCC(CNC(=O)C2CCCN2)C1)Nc1cc(F)cc(F)c1. The van der Waals surface area contributed by atoms with Crippen molar-refractivity contribution in [3.8, 4) is 0 Å². The first kappa shape index (κ1) is 23.5. The van der Waals surface area contributed by atoms with Crippen LogP contribution in [-0.2, 0) is 9.59 Å².